The van der Waals surface area contributed by atoms with Gasteiger partial charge in [0.25, 0.3) is 5.91 Å². The second-order valence-corrected chi connectivity index (χ2v) is 7.75. The van der Waals surface area contributed by atoms with Crippen molar-refractivity contribution in [2.75, 3.05) is 51.3 Å². The normalized spacial score (nSPS) is 20.6. The summed E-state index contributed by atoms with van der Waals surface area (Å²) in [7, 11) is 1.61. The van der Waals surface area contributed by atoms with Crippen LogP contribution in [0.1, 0.15) is 23.2 Å². The largest absolute Gasteiger partial charge is 0.497 e. The number of likely N-dealkylation sites (tertiary alicyclic amines) is 1. The molecule has 1 atom stereocenters. The maximum atomic E-state index is 14.1. The summed E-state index contributed by atoms with van der Waals surface area (Å²) in [5.74, 6) is 0.612. The molecule has 0 aromatic heterocycles. The summed E-state index contributed by atoms with van der Waals surface area (Å²) in [6.45, 7) is 4.93. The fourth-order valence-electron chi connectivity index (χ4n) is 4.41. The molecule has 0 bridgehead atoms. The van der Waals surface area contributed by atoms with E-state index in [2.05, 4.69) is 9.80 Å². The Labute approximate surface area is 171 Å². The van der Waals surface area contributed by atoms with Gasteiger partial charge >= 0.3 is 0 Å². The van der Waals surface area contributed by atoms with Crippen molar-refractivity contribution in [2.24, 2.45) is 0 Å². The molecule has 1 amide bonds. The van der Waals surface area contributed by atoms with Crippen molar-refractivity contribution in [2.45, 2.75) is 18.9 Å². The molecular weight excluding hydrogens is 369 g/mol. The fourth-order valence-corrected chi connectivity index (χ4v) is 4.41. The number of piperazine rings is 1. The maximum absolute atomic E-state index is 14.1. The van der Waals surface area contributed by atoms with Crippen molar-refractivity contribution in [3.8, 4) is 5.75 Å². The van der Waals surface area contributed by atoms with Gasteiger partial charge in [-0.05, 0) is 43.2 Å². The monoisotopic (exact) mass is 397 g/mol. The quantitative estimate of drug-likeness (QED) is 0.794. The average molecular weight is 397 g/mol. The molecule has 154 valence electrons. The van der Waals surface area contributed by atoms with Crippen molar-refractivity contribution < 1.29 is 13.9 Å². The Kier molecular flexibility index (Phi) is 6.00. The van der Waals surface area contributed by atoms with Crippen molar-refractivity contribution in [1.82, 2.24) is 9.80 Å². The molecule has 5 nitrogen and oxygen atoms in total. The fraction of sp³-hybridized carbons (Fsp3) is 0.435. The Balaban J connectivity index is 1.36. The lowest BCUT2D eigenvalue weighted by Gasteiger charge is -2.44. The van der Waals surface area contributed by atoms with Gasteiger partial charge in [0.15, 0.2) is 0 Å². The van der Waals surface area contributed by atoms with Gasteiger partial charge in [-0.1, -0.05) is 18.2 Å². The van der Waals surface area contributed by atoms with Crippen LogP contribution in [0.5, 0.6) is 5.75 Å². The number of anilines is 1. The molecule has 2 aromatic rings. The average Bonchev–Trinajstić information content (AvgIpc) is 2.79. The first-order chi connectivity index (χ1) is 14.2. The van der Waals surface area contributed by atoms with E-state index in [0.29, 0.717) is 23.0 Å². The summed E-state index contributed by atoms with van der Waals surface area (Å²) in [5, 5.41) is 0. The summed E-state index contributed by atoms with van der Waals surface area (Å²) in [6.07, 6.45) is 2.11. The third-order valence-electron chi connectivity index (χ3n) is 6.02. The summed E-state index contributed by atoms with van der Waals surface area (Å²) in [5.41, 5.74) is 1.36. The highest BCUT2D eigenvalue weighted by molar-refractivity contribution is 5.94. The lowest BCUT2D eigenvalue weighted by Crippen LogP contribution is -2.56. The number of rotatable bonds is 4. The SMILES string of the molecule is COc1cccc(C(=O)N2CCC[C@H](N3CCN(c4ccccc4F)CC3)C2)c1. The number of hydrogen-bond donors (Lipinski definition) is 0. The van der Waals surface area contributed by atoms with Gasteiger partial charge in [-0.25, -0.2) is 4.39 Å². The molecule has 2 saturated heterocycles. The van der Waals surface area contributed by atoms with Crippen molar-refractivity contribution in [3.63, 3.8) is 0 Å². The van der Waals surface area contributed by atoms with E-state index >= 15 is 0 Å². The van der Waals surface area contributed by atoms with Gasteiger partial charge in [0.2, 0.25) is 0 Å². The van der Waals surface area contributed by atoms with E-state index < -0.39 is 0 Å². The summed E-state index contributed by atoms with van der Waals surface area (Å²) in [6, 6.07) is 14.7. The second kappa shape index (κ2) is 8.82. The smallest absolute Gasteiger partial charge is 0.254 e. The number of halogens is 1. The van der Waals surface area contributed by atoms with Gasteiger partial charge in [-0.15, -0.1) is 0 Å². The number of amides is 1. The van der Waals surface area contributed by atoms with Gasteiger partial charge in [-0.3, -0.25) is 9.69 Å². The van der Waals surface area contributed by atoms with Crippen LogP contribution < -0.4 is 9.64 Å². The van der Waals surface area contributed by atoms with Crippen LogP contribution in [0.25, 0.3) is 0 Å². The standard InChI is InChI=1S/C23H28FN3O2/c1-29-20-8-4-6-18(16-20)23(28)27-11-5-7-19(17-27)25-12-14-26(15-13-25)22-10-3-2-9-21(22)24/h2-4,6,8-10,16,19H,5,7,11-15,17H2,1H3/t19-/m0/s1. The molecular formula is C23H28FN3O2. The molecule has 0 spiro atoms. The Bertz CT molecular complexity index is 852. The zero-order valence-electron chi connectivity index (χ0n) is 16.9. The summed E-state index contributed by atoms with van der Waals surface area (Å²) >= 11 is 0. The number of nitrogens with zero attached hydrogens (tertiary/aromatic N) is 3. The highest BCUT2D eigenvalue weighted by atomic mass is 19.1. The molecule has 2 aromatic carbocycles. The molecule has 29 heavy (non-hydrogen) atoms. The van der Waals surface area contributed by atoms with Crippen LogP contribution in [0.4, 0.5) is 10.1 Å². The molecule has 2 aliphatic heterocycles. The van der Waals surface area contributed by atoms with E-state index in [0.717, 1.165) is 52.1 Å². The Morgan fingerprint density at radius 1 is 1.03 bits per heavy atom. The Morgan fingerprint density at radius 2 is 1.83 bits per heavy atom. The number of carbonyl (C=O) groups is 1. The number of hydrogen-bond acceptors (Lipinski definition) is 4. The van der Waals surface area contributed by atoms with Gasteiger partial charge in [0.1, 0.15) is 11.6 Å². The number of piperidine rings is 1. The van der Waals surface area contributed by atoms with E-state index in [-0.39, 0.29) is 11.7 Å². The van der Waals surface area contributed by atoms with E-state index in [9.17, 15) is 9.18 Å². The van der Waals surface area contributed by atoms with Gasteiger partial charge in [-0.2, -0.15) is 0 Å². The maximum Gasteiger partial charge on any atom is 0.254 e. The minimum absolute atomic E-state index is 0.0681. The van der Waals surface area contributed by atoms with E-state index in [1.165, 1.54) is 6.07 Å². The van der Waals surface area contributed by atoms with Crippen LogP contribution in [0, 0.1) is 5.82 Å². The Morgan fingerprint density at radius 3 is 2.59 bits per heavy atom. The molecule has 0 N–H and O–H groups in total. The third kappa shape index (κ3) is 4.37. The highest BCUT2D eigenvalue weighted by Gasteiger charge is 2.30. The van der Waals surface area contributed by atoms with Crippen LogP contribution in [-0.4, -0.2) is 68.1 Å². The molecule has 0 aliphatic carbocycles. The van der Waals surface area contributed by atoms with Crippen LogP contribution in [0.3, 0.4) is 0 Å². The number of para-hydroxylation sites is 1. The topological polar surface area (TPSA) is 36.0 Å². The molecule has 2 aliphatic rings. The van der Waals surface area contributed by atoms with E-state index in [1.54, 1.807) is 19.2 Å². The minimum atomic E-state index is -0.159. The van der Waals surface area contributed by atoms with E-state index in [4.69, 9.17) is 4.74 Å². The highest BCUT2D eigenvalue weighted by Crippen LogP contribution is 2.24. The first kappa shape index (κ1) is 19.7. The predicted octanol–water partition coefficient (Wildman–Crippen LogP) is 3.26. The number of ether oxygens (including phenoxy) is 1. The molecule has 4 rings (SSSR count). The number of methoxy groups -OCH3 is 1. The van der Waals surface area contributed by atoms with E-state index in [1.807, 2.05) is 35.2 Å². The lowest BCUT2D eigenvalue weighted by molar-refractivity contribution is 0.0563. The molecule has 0 radical (unpaired) electrons. The van der Waals surface area contributed by atoms with Crippen LogP contribution in [0.15, 0.2) is 48.5 Å². The summed E-state index contributed by atoms with van der Waals surface area (Å²) < 4.78 is 19.3. The van der Waals surface area contributed by atoms with Crippen molar-refractivity contribution >= 4 is 11.6 Å². The Hall–Kier alpha value is -2.60. The van der Waals surface area contributed by atoms with Crippen molar-refractivity contribution in [3.05, 3.63) is 59.9 Å². The molecule has 2 fully saturated rings. The van der Waals surface area contributed by atoms with Gasteiger partial charge in [0, 0.05) is 50.9 Å². The molecule has 6 heteroatoms. The van der Waals surface area contributed by atoms with Crippen LogP contribution in [0.2, 0.25) is 0 Å². The minimum Gasteiger partial charge on any atom is -0.497 e. The lowest BCUT2D eigenvalue weighted by atomic mass is 10.0. The zero-order valence-corrected chi connectivity index (χ0v) is 16.9. The first-order valence-corrected chi connectivity index (χ1v) is 10.3. The zero-order chi connectivity index (χ0) is 20.2. The van der Waals surface area contributed by atoms with Crippen LogP contribution in [-0.2, 0) is 0 Å². The van der Waals surface area contributed by atoms with Crippen molar-refractivity contribution in [1.29, 1.82) is 0 Å². The second-order valence-electron chi connectivity index (χ2n) is 7.75. The van der Waals surface area contributed by atoms with Gasteiger partial charge in [0.05, 0.1) is 12.8 Å². The number of carbonyl (C=O) groups excluding carboxylic acids is 1. The molecule has 0 saturated carbocycles. The summed E-state index contributed by atoms with van der Waals surface area (Å²) in [4.78, 5) is 19.5. The first-order valence-electron chi connectivity index (χ1n) is 10.3. The number of benzene rings is 2. The van der Waals surface area contributed by atoms with Crippen LogP contribution >= 0.6 is 0 Å². The molecule has 0 unspecified atom stereocenters. The van der Waals surface area contributed by atoms with Gasteiger partial charge < -0.3 is 14.5 Å². The third-order valence-corrected chi connectivity index (χ3v) is 6.02. The predicted molar refractivity (Wildman–Crippen MR) is 112 cm³/mol. The molecule has 2 heterocycles.